The average molecular weight is 541 g/mol. The van der Waals surface area contributed by atoms with Crippen molar-refractivity contribution < 1.29 is 14.0 Å². The van der Waals surface area contributed by atoms with Crippen LogP contribution in [-0.4, -0.2) is 47.5 Å². The molecule has 0 aliphatic carbocycles. The molecule has 2 unspecified atom stereocenters. The molecule has 4 rings (SSSR count). The maximum absolute atomic E-state index is 13.4. The fourth-order valence-electron chi connectivity index (χ4n) is 3.79. The fraction of sp³-hybridized carbons (Fsp3) is 0.192. The quantitative estimate of drug-likeness (QED) is 0.211. The van der Waals surface area contributed by atoms with Gasteiger partial charge in [-0.05, 0) is 49.9 Å². The van der Waals surface area contributed by atoms with E-state index in [2.05, 4.69) is 20.7 Å². The van der Waals surface area contributed by atoms with Crippen molar-refractivity contribution >= 4 is 58.3 Å². The van der Waals surface area contributed by atoms with Crippen molar-refractivity contribution in [3.63, 3.8) is 0 Å². The van der Waals surface area contributed by atoms with E-state index in [0.29, 0.717) is 11.3 Å². The van der Waals surface area contributed by atoms with E-state index < -0.39 is 17.9 Å². The fourth-order valence-corrected chi connectivity index (χ4v) is 4.77. The lowest BCUT2D eigenvalue weighted by molar-refractivity contribution is -0.124. The number of halogens is 2. The Hall–Kier alpha value is -3.44. The molecule has 5 N–H and O–H groups in total. The molecule has 0 saturated carbocycles. The third kappa shape index (κ3) is 6.86. The Bertz CT molecular complexity index is 1300. The first-order valence-corrected chi connectivity index (χ1v) is 12.6. The first kappa shape index (κ1) is 26.6. The molecule has 1 fully saturated rings. The van der Waals surface area contributed by atoms with E-state index >= 15 is 0 Å². The molecule has 1 saturated heterocycles. The van der Waals surface area contributed by atoms with Gasteiger partial charge in [-0.1, -0.05) is 48.0 Å². The van der Waals surface area contributed by atoms with Gasteiger partial charge in [0.05, 0.1) is 23.3 Å². The molecule has 2 atom stereocenters. The monoisotopic (exact) mass is 540 g/mol. The van der Waals surface area contributed by atoms with Gasteiger partial charge in [-0.2, -0.15) is 0 Å². The molecule has 0 bridgehead atoms. The summed E-state index contributed by atoms with van der Waals surface area (Å²) in [5.41, 5.74) is 2.94. The maximum Gasteiger partial charge on any atom is 0.242 e. The Morgan fingerprint density at radius 2 is 1.81 bits per heavy atom. The highest BCUT2D eigenvalue weighted by Gasteiger charge is 2.35. The number of amides is 2. The minimum Gasteiger partial charge on any atom is -0.355 e. The number of nitrogens with zero attached hydrogens (tertiary/aromatic N) is 1. The van der Waals surface area contributed by atoms with Gasteiger partial charge in [0.2, 0.25) is 11.8 Å². The number of carbonyl (C=O) groups excluding carboxylic acids is 2. The van der Waals surface area contributed by atoms with Gasteiger partial charge >= 0.3 is 0 Å². The van der Waals surface area contributed by atoms with Crippen LogP contribution in [0.15, 0.2) is 72.8 Å². The highest BCUT2D eigenvalue weighted by Crippen LogP contribution is 2.25. The Labute approximate surface area is 223 Å². The SMILES string of the molecule is CN1SNC(C(=O)NCC(=N)c2ccccc2Nc2ccccc2)CC1C(=O)Nc1ccc(F)c(Cl)c1. The molecule has 1 aliphatic rings. The standard InChI is InChI=1S/C26H26ClFN6O2S/c1-34-24(26(36)32-17-11-12-20(28)19(27)13-17)14-23(33-37-34)25(35)30-15-21(29)18-9-5-6-10-22(18)31-16-7-3-2-4-8-16/h2-13,23-24,29,31,33H,14-15H2,1H3,(H,30,35)(H,32,36). The zero-order chi connectivity index (χ0) is 26.4. The average Bonchev–Trinajstić information content (AvgIpc) is 2.90. The summed E-state index contributed by atoms with van der Waals surface area (Å²) in [6, 6.07) is 19.7. The summed E-state index contributed by atoms with van der Waals surface area (Å²) in [5.74, 6) is -1.23. The van der Waals surface area contributed by atoms with Crippen LogP contribution < -0.4 is 20.7 Å². The molecule has 1 heterocycles. The largest absolute Gasteiger partial charge is 0.355 e. The lowest BCUT2D eigenvalue weighted by Gasteiger charge is -2.34. The molecule has 11 heteroatoms. The van der Waals surface area contributed by atoms with Crippen LogP contribution in [0.25, 0.3) is 0 Å². The lowest BCUT2D eigenvalue weighted by Crippen LogP contribution is -2.54. The predicted octanol–water partition coefficient (Wildman–Crippen LogP) is 4.57. The highest BCUT2D eigenvalue weighted by molar-refractivity contribution is 7.95. The smallest absolute Gasteiger partial charge is 0.242 e. The third-order valence-electron chi connectivity index (χ3n) is 5.79. The molecule has 192 valence electrons. The van der Waals surface area contributed by atoms with Gasteiger partial charge in [0, 0.05) is 34.8 Å². The van der Waals surface area contributed by atoms with Crippen LogP contribution in [0, 0.1) is 11.2 Å². The van der Waals surface area contributed by atoms with Crippen molar-refractivity contribution in [1.82, 2.24) is 14.3 Å². The van der Waals surface area contributed by atoms with Gasteiger partial charge in [0.25, 0.3) is 0 Å². The van der Waals surface area contributed by atoms with E-state index in [1.165, 1.54) is 18.2 Å². The Morgan fingerprint density at radius 3 is 2.57 bits per heavy atom. The van der Waals surface area contributed by atoms with E-state index in [0.717, 1.165) is 23.5 Å². The summed E-state index contributed by atoms with van der Waals surface area (Å²) >= 11 is 6.96. The van der Waals surface area contributed by atoms with Crippen molar-refractivity contribution in [2.75, 3.05) is 24.2 Å². The molecule has 8 nitrogen and oxygen atoms in total. The number of likely N-dealkylation sites (N-methyl/N-ethyl adjacent to an activating group) is 1. The van der Waals surface area contributed by atoms with Crippen molar-refractivity contribution in [2.45, 2.75) is 18.5 Å². The number of anilines is 3. The van der Waals surface area contributed by atoms with E-state index in [9.17, 15) is 14.0 Å². The van der Waals surface area contributed by atoms with Gasteiger partial charge in [0.1, 0.15) is 11.9 Å². The first-order chi connectivity index (χ1) is 17.8. The van der Waals surface area contributed by atoms with E-state index in [1.807, 2.05) is 54.6 Å². The Kier molecular flexibility index (Phi) is 8.78. The second kappa shape index (κ2) is 12.2. The number of benzene rings is 3. The summed E-state index contributed by atoms with van der Waals surface area (Å²) in [6.07, 6.45) is 0.204. The first-order valence-electron chi connectivity index (χ1n) is 11.5. The van der Waals surface area contributed by atoms with E-state index in [-0.39, 0.29) is 35.5 Å². The van der Waals surface area contributed by atoms with Crippen LogP contribution in [0.5, 0.6) is 0 Å². The molecule has 3 aromatic rings. The van der Waals surface area contributed by atoms with Gasteiger partial charge < -0.3 is 21.4 Å². The molecular formula is C26H26ClFN6O2S. The second-order valence-electron chi connectivity index (χ2n) is 8.41. The molecule has 1 aliphatic heterocycles. The zero-order valence-corrected chi connectivity index (χ0v) is 21.5. The van der Waals surface area contributed by atoms with Crippen LogP contribution in [0.3, 0.4) is 0 Å². The summed E-state index contributed by atoms with van der Waals surface area (Å²) in [4.78, 5) is 25.8. The normalized spacial score (nSPS) is 17.6. The molecule has 0 spiro atoms. The van der Waals surface area contributed by atoms with Crippen LogP contribution in [0.4, 0.5) is 21.5 Å². The Morgan fingerprint density at radius 1 is 1.08 bits per heavy atom. The number of para-hydroxylation sites is 2. The number of hydrogen-bond acceptors (Lipinski definition) is 7. The van der Waals surface area contributed by atoms with Gasteiger partial charge in [0.15, 0.2) is 0 Å². The van der Waals surface area contributed by atoms with Crippen molar-refractivity contribution in [3.05, 3.63) is 89.2 Å². The van der Waals surface area contributed by atoms with Crippen LogP contribution in [0.1, 0.15) is 12.0 Å². The van der Waals surface area contributed by atoms with Crippen molar-refractivity contribution in [1.29, 1.82) is 5.41 Å². The summed E-state index contributed by atoms with van der Waals surface area (Å²) in [7, 11) is 1.74. The summed E-state index contributed by atoms with van der Waals surface area (Å²) in [5, 5.41) is 17.3. The maximum atomic E-state index is 13.4. The number of hydrogen-bond donors (Lipinski definition) is 5. The highest BCUT2D eigenvalue weighted by atomic mass is 35.5. The van der Waals surface area contributed by atoms with Gasteiger partial charge in [-0.3, -0.25) is 9.59 Å². The minimum atomic E-state index is -0.653. The van der Waals surface area contributed by atoms with Crippen LogP contribution in [0.2, 0.25) is 5.02 Å². The molecule has 0 radical (unpaired) electrons. The third-order valence-corrected chi connectivity index (χ3v) is 7.01. The number of carbonyl (C=O) groups is 2. The summed E-state index contributed by atoms with van der Waals surface area (Å²) < 4.78 is 18.2. The topological polar surface area (TPSA) is 109 Å². The van der Waals surface area contributed by atoms with Gasteiger partial charge in [-0.15, -0.1) is 0 Å². The second-order valence-corrected chi connectivity index (χ2v) is 9.81. The van der Waals surface area contributed by atoms with Crippen molar-refractivity contribution in [2.24, 2.45) is 0 Å². The molecular weight excluding hydrogens is 515 g/mol. The minimum absolute atomic E-state index is 0.0238. The Balaban J connectivity index is 1.35. The van der Waals surface area contributed by atoms with E-state index in [4.69, 9.17) is 17.0 Å². The molecule has 0 aromatic heterocycles. The van der Waals surface area contributed by atoms with E-state index in [1.54, 1.807) is 11.4 Å². The molecule has 2 amide bonds. The number of nitrogens with one attached hydrogen (secondary N) is 5. The van der Waals surface area contributed by atoms with Crippen LogP contribution in [-0.2, 0) is 9.59 Å². The molecule has 37 heavy (non-hydrogen) atoms. The van der Waals surface area contributed by atoms with Gasteiger partial charge in [-0.25, -0.2) is 13.4 Å². The van der Waals surface area contributed by atoms with Crippen LogP contribution >= 0.6 is 23.7 Å². The number of rotatable bonds is 8. The molecule has 3 aromatic carbocycles. The van der Waals surface area contributed by atoms with Crippen molar-refractivity contribution in [3.8, 4) is 0 Å². The summed E-state index contributed by atoms with van der Waals surface area (Å²) in [6.45, 7) is 0.0238. The lowest BCUT2D eigenvalue weighted by atomic mass is 10.0. The zero-order valence-electron chi connectivity index (χ0n) is 19.9. The predicted molar refractivity (Wildman–Crippen MR) is 147 cm³/mol.